The van der Waals surface area contributed by atoms with Gasteiger partial charge < -0.3 is 18.6 Å². The minimum absolute atomic E-state index is 0.136. The van der Waals surface area contributed by atoms with Crippen LogP contribution in [0.25, 0.3) is 0 Å². The van der Waals surface area contributed by atoms with Crippen LogP contribution in [0.15, 0.2) is 30.3 Å². The summed E-state index contributed by atoms with van der Waals surface area (Å²) in [4.78, 5) is 0. The van der Waals surface area contributed by atoms with Gasteiger partial charge in [0.05, 0.1) is 26.4 Å². The predicted molar refractivity (Wildman–Crippen MR) is 69.3 cm³/mol. The second-order valence-electron chi connectivity index (χ2n) is 4.53. The molecular formula is C12H16B2O4. The van der Waals surface area contributed by atoms with Crippen LogP contribution in [0.1, 0.15) is 11.4 Å². The zero-order valence-corrected chi connectivity index (χ0v) is 10.3. The summed E-state index contributed by atoms with van der Waals surface area (Å²) in [6, 6.07) is 10.3. The van der Waals surface area contributed by atoms with Gasteiger partial charge in [0.25, 0.3) is 0 Å². The molecule has 0 N–H and O–H groups in total. The highest BCUT2D eigenvalue weighted by molar-refractivity contribution is 6.53. The molecule has 0 bridgehead atoms. The van der Waals surface area contributed by atoms with E-state index >= 15 is 0 Å². The van der Waals surface area contributed by atoms with Crippen LogP contribution in [0.3, 0.4) is 0 Å². The highest BCUT2D eigenvalue weighted by Crippen LogP contribution is 2.29. The van der Waals surface area contributed by atoms with Gasteiger partial charge in [-0.25, -0.2) is 0 Å². The molecule has 2 aliphatic rings. The fourth-order valence-electron chi connectivity index (χ4n) is 2.46. The van der Waals surface area contributed by atoms with Crippen LogP contribution in [-0.4, -0.2) is 40.7 Å². The van der Waals surface area contributed by atoms with Crippen molar-refractivity contribution < 1.29 is 18.6 Å². The number of rotatable bonds is 4. The normalized spacial score (nSPS) is 21.6. The molecule has 4 nitrogen and oxygen atoms in total. The lowest BCUT2D eigenvalue weighted by Gasteiger charge is -2.19. The molecule has 0 aromatic heterocycles. The van der Waals surface area contributed by atoms with E-state index in [2.05, 4.69) is 12.1 Å². The van der Waals surface area contributed by atoms with Crippen LogP contribution in [-0.2, 0) is 18.6 Å². The third kappa shape index (κ3) is 2.78. The molecule has 18 heavy (non-hydrogen) atoms. The van der Waals surface area contributed by atoms with Gasteiger partial charge in [0.15, 0.2) is 0 Å². The highest BCUT2D eigenvalue weighted by atomic mass is 16.6. The molecule has 1 unspecified atom stereocenters. The second kappa shape index (κ2) is 5.89. The molecule has 0 amide bonds. The zero-order valence-electron chi connectivity index (χ0n) is 10.3. The molecule has 0 spiro atoms. The Kier molecular flexibility index (Phi) is 4.00. The van der Waals surface area contributed by atoms with E-state index in [1.165, 1.54) is 5.56 Å². The molecule has 6 heteroatoms. The quantitative estimate of drug-likeness (QED) is 0.752. The van der Waals surface area contributed by atoms with Crippen molar-refractivity contribution in [3.05, 3.63) is 35.9 Å². The number of benzene rings is 1. The lowest BCUT2D eigenvalue weighted by Crippen LogP contribution is -2.30. The Hall–Kier alpha value is -0.810. The standard InChI is InChI=1S/C12H16B2O4/c1-2-4-11(5-3-1)12(14-17-8-9-18-14)10-13-15-6-7-16-13/h1-5,12H,6-10H2. The average molecular weight is 246 g/mol. The molecule has 94 valence electrons. The highest BCUT2D eigenvalue weighted by Gasteiger charge is 2.39. The Bertz CT molecular complexity index is 364. The van der Waals surface area contributed by atoms with Crippen LogP contribution in [0.4, 0.5) is 0 Å². The first kappa shape index (κ1) is 12.2. The zero-order chi connectivity index (χ0) is 12.2. The average Bonchev–Trinajstić information content (AvgIpc) is 3.10. The van der Waals surface area contributed by atoms with Gasteiger partial charge in [0.2, 0.25) is 0 Å². The van der Waals surface area contributed by atoms with Gasteiger partial charge >= 0.3 is 14.2 Å². The largest absolute Gasteiger partial charge is 0.464 e. The van der Waals surface area contributed by atoms with E-state index in [-0.39, 0.29) is 20.1 Å². The number of hydrogen-bond acceptors (Lipinski definition) is 4. The summed E-state index contributed by atoms with van der Waals surface area (Å²) in [5.74, 6) is 0.164. The van der Waals surface area contributed by atoms with Crippen molar-refractivity contribution in [1.82, 2.24) is 0 Å². The van der Waals surface area contributed by atoms with Crippen LogP contribution in [0.2, 0.25) is 6.32 Å². The van der Waals surface area contributed by atoms with Crippen LogP contribution in [0, 0.1) is 0 Å². The second-order valence-corrected chi connectivity index (χ2v) is 4.53. The molecule has 0 aliphatic carbocycles. The smallest absolute Gasteiger partial charge is 0.409 e. The van der Waals surface area contributed by atoms with Gasteiger partial charge in [-0.3, -0.25) is 0 Å². The fourth-order valence-corrected chi connectivity index (χ4v) is 2.46. The Morgan fingerprint density at radius 1 is 0.889 bits per heavy atom. The van der Waals surface area contributed by atoms with E-state index in [0.29, 0.717) is 26.4 Å². The molecule has 1 aromatic rings. The van der Waals surface area contributed by atoms with Gasteiger partial charge in [-0.15, -0.1) is 0 Å². The van der Waals surface area contributed by atoms with Crippen LogP contribution >= 0.6 is 0 Å². The van der Waals surface area contributed by atoms with E-state index < -0.39 is 0 Å². The van der Waals surface area contributed by atoms with Crippen molar-refractivity contribution in [2.24, 2.45) is 0 Å². The van der Waals surface area contributed by atoms with E-state index in [1.807, 2.05) is 18.2 Å². The lowest BCUT2D eigenvalue weighted by molar-refractivity contribution is 0.345. The van der Waals surface area contributed by atoms with Crippen LogP contribution in [0.5, 0.6) is 0 Å². The van der Waals surface area contributed by atoms with Crippen molar-refractivity contribution in [3.8, 4) is 0 Å². The van der Waals surface area contributed by atoms with Gasteiger partial charge in [0.1, 0.15) is 0 Å². The van der Waals surface area contributed by atoms with Crippen LogP contribution < -0.4 is 0 Å². The Balaban J connectivity index is 1.74. The van der Waals surface area contributed by atoms with Crippen molar-refractivity contribution in [3.63, 3.8) is 0 Å². The summed E-state index contributed by atoms with van der Waals surface area (Å²) in [7, 11) is -0.316. The Morgan fingerprint density at radius 2 is 1.50 bits per heavy atom. The summed E-state index contributed by atoms with van der Waals surface area (Å²) in [5, 5.41) is 0. The molecule has 2 aliphatic heterocycles. The maximum absolute atomic E-state index is 5.65. The van der Waals surface area contributed by atoms with Crippen molar-refractivity contribution in [2.45, 2.75) is 12.1 Å². The fraction of sp³-hybridized carbons (Fsp3) is 0.500. The third-order valence-corrected chi connectivity index (χ3v) is 3.34. The first-order valence-corrected chi connectivity index (χ1v) is 6.45. The van der Waals surface area contributed by atoms with Gasteiger partial charge in [-0.2, -0.15) is 0 Å². The Labute approximate surface area is 108 Å². The molecule has 0 radical (unpaired) electrons. The molecule has 0 saturated carbocycles. The molecule has 2 saturated heterocycles. The summed E-state index contributed by atoms with van der Waals surface area (Å²) in [5.41, 5.74) is 1.21. The summed E-state index contributed by atoms with van der Waals surface area (Å²) in [6.07, 6.45) is 0.773. The summed E-state index contributed by atoms with van der Waals surface area (Å²) >= 11 is 0. The summed E-state index contributed by atoms with van der Waals surface area (Å²) < 4.78 is 22.4. The maximum Gasteiger partial charge on any atom is 0.464 e. The molecule has 2 fully saturated rings. The molecule has 1 aromatic carbocycles. The molecule has 3 rings (SSSR count). The molecule has 1 atom stereocenters. The molecular weight excluding hydrogens is 230 g/mol. The van der Waals surface area contributed by atoms with Gasteiger partial charge in [0, 0.05) is 5.82 Å². The van der Waals surface area contributed by atoms with E-state index in [1.54, 1.807) is 0 Å². The minimum Gasteiger partial charge on any atom is -0.409 e. The third-order valence-electron chi connectivity index (χ3n) is 3.34. The SMILES string of the molecule is c1ccc(C(CB2OCCO2)B2OCCO2)cc1. The van der Waals surface area contributed by atoms with Crippen molar-refractivity contribution in [2.75, 3.05) is 26.4 Å². The van der Waals surface area contributed by atoms with Crippen molar-refractivity contribution in [1.29, 1.82) is 0 Å². The van der Waals surface area contributed by atoms with E-state index in [9.17, 15) is 0 Å². The monoisotopic (exact) mass is 246 g/mol. The molecule has 2 heterocycles. The Morgan fingerprint density at radius 3 is 2.17 bits per heavy atom. The number of hydrogen-bond donors (Lipinski definition) is 0. The van der Waals surface area contributed by atoms with E-state index in [4.69, 9.17) is 18.6 Å². The topological polar surface area (TPSA) is 36.9 Å². The van der Waals surface area contributed by atoms with Crippen molar-refractivity contribution >= 4 is 14.2 Å². The van der Waals surface area contributed by atoms with Gasteiger partial charge in [-0.05, 0) is 11.9 Å². The minimum atomic E-state index is -0.180. The first-order valence-electron chi connectivity index (χ1n) is 6.45. The maximum atomic E-state index is 5.65. The van der Waals surface area contributed by atoms with E-state index in [0.717, 1.165) is 6.32 Å². The summed E-state index contributed by atoms with van der Waals surface area (Å²) in [6.45, 7) is 2.69. The first-order chi connectivity index (χ1) is 8.93. The van der Waals surface area contributed by atoms with Gasteiger partial charge in [-0.1, -0.05) is 30.3 Å². The predicted octanol–water partition coefficient (Wildman–Crippen LogP) is 1.38. The lowest BCUT2D eigenvalue weighted by atomic mass is 9.58.